The van der Waals surface area contributed by atoms with Gasteiger partial charge in [0.2, 0.25) is 5.96 Å². The maximum absolute atomic E-state index is 9.72. The third-order valence-corrected chi connectivity index (χ3v) is 1.08. The molecule has 0 fully saturated rings. The minimum absolute atomic E-state index is 0.693. The number of rotatable bonds is 2. The van der Waals surface area contributed by atoms with E-state index < -0.39 is 28.5 Å². The molecular formula is CH3N3O4S2-2. The number of nitrogens with two attached hydrogens (primary N) is 1. The van der Waals surface area contributed by atoms with Gasteiger partial charge >= 0.3 is 0 Å². The summed E-state index contributed by atoms with van der Waals surface area (Å²) in [6.07, 6.45) is 0. The quantitative estimate of drug-likeness (QED) is 0.278. The SMILES string of the molecule is NC(=NS(=O)[O-])NS(=O)[O-]. The van der Waals surface area contributed by atoms with E-state index in [9.17, 15) is 17.5 Å². The van der Waals surface area contributed by atoms with Crippen molar-refractivity contribution in [3.63, 3.8) is 0 Å². The van der Waals surface area contributed by atoms with E-state index >= 15 is 0 Å². The second-order valence-electron chi connectivity index (χ2n) is 1.03. The molecule has 60 valence electrons. The highest BCUT2D eigenvalue weighted by Crippen LogP contribution is 1.73. The van der Waals surface area contributed by atoms with Crippen LogP contribution >= 0.6 is 0 Å². The Hall–Kier alpha value is -0.510. The molecule has 2 unspecified atom stereocenters. The molecule has 0 aliphatic carbocycles. The van der Waals surface area contributed by atoms with E-state index in [4.69, 9.17) is 5.73 Å². The van der Waals surface area contributed by atoms with Crippen LogP contribution in [0.25, 0.3) is 0 Å². The smallest absolute Gasteiger partial charge is 0.212 e. The first kappa shape index (κ1) is 9.49. The largest absolute Gasteiger partial charge is 0.755 e. The van der Waals surface area contributed by atoms with E-state index in [-0.39, 0.29) is 0 Å². The van der Waals surface area contributed by atoms with Crippen molar-refractivity contribution >= 4 is 28.5 Å². The van der Waals surface area contributed by atoms with Gasteiger partial charge in [-0.25, -0.2) is 4.21 Å². The molecule has 9 heteroatoms. The average molecular weight is 185 g/mol. The molecule has 10 heavy (non-hydrogen) atoms. The minimum atomic E-state index is -2.73. The first-order valence-electron chi connectivity index (χ1n) is 1.82. The topological polar surface area (TPSA) is 131 Å². The van der Waals surface area contributed by atoms with Gasteiger partial charge in [0.05, 0.1) is 11.3 Å². The second kappa shape index (κ2) is 4.33. The van der Waals surface area contributed by atoms with Crippen LogP contribution in [0.5, 0.6) is 0 Å². The van der Waals surface area contributed by atoms with Crippen molar-refractivity contribution in [1.82, 2.24) is 4.72 Å². The Morgan fingerprint density at radius 2 is 2.00 bits per heavy atom. The van der Waals surface area contributed by atoms with Crippen molar-refractivity contribution in [1.29, 1.82) is 0 Å². The van der Waals surface area contributed by atoms with Crippen molar-refractivity contribution in [3.05, 3.63) is 0 Å². The lowest BCUT2D eigenvalue weighted by Gasteiger charge is -2.06. The summed E-state index contributed by atoms with van der Waals surface area (Å²) in [4.78, 5) is 0. The molecule has 0 saturated heterocycles. The Labute approximate surface area is 61.6 Å². The zero-order chi connectivity index (χ0) is 8.15. The molecule has 0 aliphatic heterocycles. The Bertz CT molecular complexity index is 189. The van der Waals surface area contributed by atoms with Crippen LogP contribution in [0, 0.1) is 0 Å². The fraction of sp³-hybridized carbons (Fsp3) is 0. The van der Waals surface area contributed by atoms with Gasteiger partial charge in [0.15, 0.2) is 0 Å². The van der Waals surface area contributed by atoms with E-state index in [1.54, 1.807) is 0 Å². The number of hydrogen-bond donors (Lipinski definition) is 2. The highest BCUT2D eigenvalue weighted by atomic mass is 32.2. The van der Waals surface area contributed by atoms with Gasteiger partial charge in [0.1, 0.15) is 0 Å². The normalized spacial score (nSPS) is 18.0. The van der Waals surface area contributed by atoms with Gasteiger partial charge in [0.25, 0.3) is 0 Å². The van der Waals surface area contributed by atoms with Crippen molar-refractivity contribution in [2.75, 3.05) is 0 Å². The first-order chi connectivity index (χ1) is 4.52. The molecule has 0 aliphatic rings. The van der Waals surface area contributed by atoms with Crippen molar-refractivity contribution in [2.24, 2.45) is 10.1 Å². The Morgan fingerprint density at radius 1 is 1.50 bits per heavy atom. The molecule has 7 nitrogen and oxygen atoms in total. The molecule has 0 aromatic carbocycles. The number of nitrogens with one attached hydrogen (secondary N) is 1. The molecule has 3 N–H and O–H groups in total. The predicted octanol–water partition coefficient (Wildman–Crippen LogP) is -2.52. The lowest BCUT2D eigenvalue weighted by Crippen LogP contribution is -2.33. The highest BCUT2D eigenvalue weighted by molar-refractivity contribution is 7.78. The summed E-state index contributed by atoms with van der Waals surface area (Å²) in [5, 5.41) is 0. The number of guanidine groups is 1. The number of nitrogens with zero attached hydrogens (tertiary/aromatic N) is 1. The summed E-state index contributed by atoms with van der Waals surface area (Å²) >= 11 is -5.38. The van der Waals surface area contributed by atoms with Gasteiger partial charge in [-0.3, -0.25) is 8.93 Å². The van der Waals surface area contributed by atoms with E-state index in [2.05, 4.69) is 4.40 Å². The Morgan fingerprint density at radius 3 is 2.30 bits per heavy atom. The first-order valence-corrected chi connectivity index (χ1v) is 3.92. The standard InChI is InChI=1S/CH5N3O4S2/c2-1(3-9(5)6)4-10(7)8/h(H,5,6)(H,7,8)(H3,2,3,4)/p-2. The van der Waals surface area contributed by atoms with Crippen LogP contribution in [-0.4, -0.2) is 23.5 Å². The summed E-state index contributed by atoms with van der Waals surface area (Å²) in [6.45, 7) is 0. The van der Waals surface area contributed by atoms with Crippen LogP contribution in [0.1, 0.15) is 0 Å². The third-order valence-electron chi connectivity index (χ3n) is 0.361. The van der Waals surface area contributed by atoms with Gasteiger partial charge in [-0.2, -0.15) is 4.40 Å². The summed E-state index contributed by atoms with van der Waals surface area (Å²) in [7, 11) is 0. The van der Waals surface area contributed by atoms with Gasteiger partial charge in [-0.05, 0) is 0 Å². The molecule has 0 radical (unpaired) electrons. The predicted molar refractivity (Wildman–Crippen MR) is 32.6 cm³/mol. The lowest BCUT2D eigenvalue weighted by molar-refractivity contribution is 0.533. The Kier molecular flexibility index (Phi) is 4.11. The summed E-state index contributed by atoms with van der Waals surface area (Å²) in [6, 6.07) is 0. The van der Waals surface area contributed by atoms with Crippen LogP contribution < -0.4 is 10.5 Å². The van der Waals surface area contributed by atoms with Crippen molar-refractivity contribution in [2.45, 2.75) is 0 Å². The minimum Gasteiger partial charge on any atom is -0.755 e. The fourth-order valence-corrected chi connectivity index (χ4v) is 0.665. The zero-order valence-corrected chi connectivity index (χ0v) is 6.11. The maximum Gasteiger partial charge on any atom is 0.212 e. The molecule has 0 heterocycles. The maximum atomic E-state index is 9.72. The van der Waals surface area contributed by atoms with Gasteiger partial charge in [-0.1, -0.05) is 0 Å². The van der Waals surface area contributed by atoms with Crippen molar-refractivity contribution < 1.29 is 17.5 Å². The van der Waals surface area contributed by atoms with Gasteiger partial charge in [-0.15, -0.1) is 0 Å². The molecule has 0 saturated carbocycles. The molecule has 0 amide bonds. The third kappa shape index (κ3) is 5.62. The van der Waals surface area contributed by atoms with E-state index in [0.29, 0.717) is 0 Å². The molecule has 0 bridgehead atoms. The van der Waals surface area contributed by atoms with Crippen LogP contribution in [-0.2, 0) is 22.5 Å². The molecule has 0 spiro atoms. The molecule has 2 atom stereocenters. The molecule has 0 rings (SSSR count). The monoisotopic (exact) mass is 185 g/mol. The average Bonchev–Trinajstić information content (AvgIpc) is 1.58. The molecular weight excluding hydrogens is 182 g/mol. The zero-order valence-electron chi connectivity index (χ0n) is 4.47. The lowest BCUT2D eigenvalue weighted by atomic mass is 11.1. The van der Waals surface area contributed by atoms with Crippen LogP contribution in [0.3, 0.4) is 0 Å². The van der Waals surface area contributed by atoms with Crippen LogP contribution in [0.2, 0.25) is 0 Å². The van der Waals surface area contributed by atoms with Gasteiger partial charge in [0, 0.05) is 11.3 Å². The molecule has 0 aromatic heterocycles. The van der Waals surface area contributed by atoms with Gasteiger partial charge < -0.3 is 14.8 Å². The van der Waals surface area contributed by atoms with E-state index in [1.165, 1.54) is 4.72 Å². The summed E-state index contributed by atoms with van der Waals surface area (Å²) < 4.78 is 43.0. The van der Waals surface area contributed by atoms with Crippen LogP contribution in [0.15, 0.2) is 4.40 Å². The second-order valence-corrected chi connectivity index (χ2v) is 2.32. The summed E-state index contributed by atoms with van der Waals surface area (Å²) in [5.74, 6) is -0.693. The van der Waals surface area contributed by atoms with E-state index in [0.717, 1.165) is 0 Å². The number of hydrogen-bond acceptors (Lipinski definition) is 4. The highest BCUT2D eigenvalue weighted by Gasteiger charge is 1.86. The van der Waals surface area contributed by atoms with Crippen molar-refractivity contribution in [3.8, 4) is 0 Å². The van der Waals surface area contributed by atoms with Crippen LogP contribution in [0.4, 0.5) is 0 Å². The van der Waals surface area contributed by atoms with E-state index in [1.807, 2.05) is 0 Å². The summed E-state index contributed by atoms with van der Waals surface area (Å²) in [5.41, 5.74) is 4.73. The Balaban J connectivity index is 3.95. The fourth-order valence-electron chi connectivity index (χ4n) is 0.184. The molecule has 0 aromatic rings.